The maximum Gasteiger partial charge on any atom is 0.256 e. The van der Waals surface area contributed by atoms with Crippen molar-refractivity contribution in [3.63, 3.8) is 0 Å². The summed E-state index contributed by atoms with van der Waals surface area (Å²) in [5.74, 6) is -1.72. The molecule has 0 saturated carbocycles. The van der Waals surface area contributed by atoms with Gasteiger partial charge in [0.25, 0.3) is 5.91 Å². The van der Waals surface area contributed by atoms with Gasteiger partial charge in [-0.2, -0.15) is 0 Å². The predicted octanol–water partition coefficient (Wildman–Crippen LogP) is 3.40. The first-order chi connectivity index (χ1) is 9.99. The molecule has 1 amide bonds. The first-order valence-corrected chi connectivity index (χ1v) is 6.67. The van der Waals surface area contributed by atoms with Gasteiger partial charge < -0.3 is 9.84 Å². The zero-order valence-corrected chi connectivity index (χ0v) is 11.8. The minimum absolute atomic E-state index is 0.121. The van der Waals surface area contributed by atoms with Crippen molar-refractivity contribution in [3.8, 4) is 11.3 Å². The molecule has 2 rings (SSSR count). The summed E-state index contributed by atoms with van der Waals surface area (Å²) in [5, 5.41) is 6.31. The highest BCUT2D eigenvalue weighted by molar-refractivity contribution is 5.99. The Labute approximate surface area is 121 Å². The predicted molar refractivity (Wildman–Crippen MR) is 73.6 cm³/mol. The lowest BCUT2D eigenvalue weighted by Crippen LogP contribution is -2.25. The van der Waals surface area contributed by atoms with Crippen LogP contribution in [0, 0.1) is 17.6 Å². The maximum atomic E-state index is 13.3. The molecule has 112 valence electrons. The zero-order valence-electron chi connectivity index (χ0n) is 11.8. The van der Waals surface area contributed by atoms with Crippen LogP contribution < -0.4 is 5.32 Å². The summed E-state index contributed by atoms with van der Waals surface area (Å²) >= 11 is 0. The van der Waals surface area contributed by atoms with Crippen LogP contribution in [-0.4, -0.2) is 17.6 Å². The summed E-state index contributed by atoms with van der Waals surface area (Å²) in [6.45, 7) is 4.63. The largest absolute Gasteiger partial charge is 0.355 e. The first-order valence-electron chi connectivity index (χ1n) is 6.67. The van der Waals surface area contributed by atoms with Gasteiger partial charge in [0.15, 0.2) is 17.4 Å². The molecule has 0 bridgehead atoms. The van der Waals surface area contributed by atoms with Crippen LogP contribution in [0.25, 0.3) is 11.3 Å². The van der Waals surface area contributed by atoms with Crippen molar-refractivity contribution < 1.29 is 18.1 Å². The highest BCUT2D eigenvalue weighted by atomic mass is 19.2. The highest BCUT2D eigenvalue weighted by Crippen LogP contribution is 2.25. The molecule has 0 fully saturated rings. The summed E-state index contributed by atoms with van der Waals surface area (Å²) in [4.78, 5) is 12.1. The molecule has 1 N–H and O–H groups in total. The lowest BCUT2D eigenvalue weighted by atomic mass is 10.1. The van der Waals surface area contributed by atoms with E-state index < -0.39 is 11.6 Å². The fraction of sp³-hybridized carbons (Fsp3) is 0.333. The van der Waals surface area contributed by atoms with Crippen molar-refractivity contribution in [1.29, 1.82) is 0 Å². The van der Waals surface area contributed by atoms with Crippen LogP contribution in [-0.2, 0) is 0 Å². The summed E-state index contributed by atoms with van der Waals surface area (Å²) in [5.41, 5.74) is 0.463. The van der Waals surface area contributed by atoms with Gasteiger partial charge >= 0.3 is 0 Å². The minimum Gasteiger partial charge on any atom is -0.355 e. The Kier molecular flexibility index (Phi) is 4.67. The normalized spacial score (nSPS) is 10.9. The average molecular weight is 294 g/mol. The Hall–Kier alpha value is -2.24. The summed E-state index contributed by atoms with van der Waals surface area (Å²) in [6.07, 6.45) is 2.11. The topological polar surface area (TPSA) is 55.1 Å². The number of amides is 1. The van der Waals surface area contributed by atoms with Crippen LogP contribution in [0.3, 0.4) is 0 Å². The maximum absolute atomic E-state index is 13.3. The zero-order chi connectivity index (χ0) is 15.4. The van der Waals surface area contributed by atoms with E-state index in [1.54, 1.807) is 0 Å². The van der Waals surface area contributed by atoms with E-state index in [1.807, 2.05) is 0 Å². The van der Waals surface area contributed by atoms with E-state index in [4.69, 9.17) is 4.52 Å². The van der Waals surface area contributed by atoms with E-state index in [0.29, 0.717) is 12.5 Å². The van der Waals surface area contributed by atoms with E-state index in [1.165, 1.54) is 12.3 Å². The molecule has 4 nitrogen and oxygen atoms in total. The smallest absolute Gasteiger partial charge is 0.256 e. The van der Waals surface area contributed by atoms with Crippen LogP contribution in [0.4, 0.5) is 8.78 Å². The van der Waals surface area contributed by atoms with Crippen molar-refractivity contribution >= 4 is 5.91 Å². The molecule has 1 heterocycles. The second kappa shape index (κ2) is 6.47. The van der Waals surface area contributed by atoms with Gasteiger partial charge in [-0.1, -0.05) is 19.0 Å². The first kappa shape index (κ1) is 15.2. The summed E-state index contributed by atoms with van der Waals surface area (Å²) in [7, 11) is 0. The molecule has 0 aliphatic rings. The number of aromatic nitrogens is 1. The summed E-state index contributed by atoms with van der Waals surface area (Å²) in [6, 6.07) is 3.29. The van der Waals surface area contributed by atoms with Crippen LogP contribution >= 0.6 is 0 Å². The van der Waals surface area contributed by atoms with Gasteiger partial charge in [0.05, 0.1) is 6.20 Å². The molecule has 6 heteroatoms. The molecule has 0 unspecified atom stereocenters. The number of hydrogen-bond donors (Lipinski definition) is 1. The van der Waals surface area contributed by atoms with E-state index in [-0.39, 0.29) is 22.8 Å². The molecule has 0 atom stereocenters. The molecule has 0 saturated heterocycles. The monoisotopic (exact) mass is 294 g/mol. The molecule has 0 spiro atoms. The Bertz CT molecular complexity index is 638. The number of carbonyl (C=O) groups excluding carboxylic acids is 1. The standard InChI is InChI=1S/C15H16F2N2O2/c1-9(2)5-6-18-15(20)11-8-19-21-14(11)10-3-4-12(16)13(17)7-10/h3-4,7-9H,5-6H2,1-2H3,(H,18,20). The number of carbonyl (C=O) groups is 1. The molecule has 1 aromatic heterocycles. The second-order valence-electron chi connectivity index (χ2n) is 5.14. The fourth-order valence-corrected chi connectivity index (χ4v) is 1.82. The number of halogens is 2. The number of nitrogens with one attached hydrogen (secondary N) is 1. The van der Waals surface area contributed by atoms with Gasteiger partial charge in [0, 0.05) is 12.1 Å². The minimum atomic E-state index is -1.00. The third-order valence-corrected chi connectivity index (χ3v) is 3.00. The molecule has 0 radical (unpaired) electrons. The van der Waals surface area contributed by atoms with Crippen LogP contribution in [0.15, 0.2) is 28.9 Å². The quantitative estimate of drug-likeness (QED) is 0.919. The van der Waals surface area contributed by atoms with E-state index >= 15 is 0 Å². The number of rotatable bonds is 5. The molecule has 0 aliphatic heterocycles. The Morgan fingerprint density at radius 2 is 2.10 bits per heavy atom. The van der Waals surface area contributed by atoms with Crippen LogP contribution in [0.1, 0.15) is 30.6 Å². The molecule has 2 aromatic rings. The van der Waals surface area contributed by atoms with Crippen molar-refractivity contribution in [2.45, 2.75) is 20.3 Å². The van der Waals surface area contributed by atoms with Gasteiger partial charge in [-0.3, -0.25) is 4.79 Å². The molecule has 1 aromatic carbocycles. The van der Waals surface area contributed by atoms with Gasteiger partial charge in [-0.15, -0.1) is 0 Å². The highest BCUT2D eigenvalue weighted by Gasteiger charge is 2.18. The van der Waals surface area contributed by atoms with Crippen LogP contribution in [0.2, 0.25) is 0 Å². The number of benzene rings is 1. The van der Waals surface area contributed by atoms with Gasteiger partial charge in [-0.05, 0) is 30.5 Å². The SMILES string of the molecule is CC(C)CCNC(=O)c1cnoc1-c1ccc(F)c(F)c1. The Morgan fingerprint density at radius 3 is 2.76 bits per heavy atom. The molecular weight excluding hydrogens is 278 g/mol. The summed E-state index contributed by atoms with van der Waals surface area (Å²) < 4.78 is 31.2. The fourth-order valence-electron chi connectivity index (χ4n) is 1.82. The van der Waals surface area contributed by atoms with Crippen molar-refractivity contribution in [2.75, 3.05) is 6.54 Å². The Balaban J connectivity index is 2.18. The average Bonchev–Trinajstić information content (AvgIpc) is 2.90. The third-order valence-electron chi connectivity index (χ3n) is 3.00. The lowest BCUT2D eigenvalue weighted by Gasteiger charge is -2.06. The van der Waals surface area contributed by atoms with Gasteiger partial charge in [0.2, 0.25) is 0 Å². The number of hydrogen-bond acceptors (Lipinski definition) is 3. The van der Waals surface area contributed by atoms with Crippen molar-refractivity contribution in [3.05, 3.63) is 41.6 Å². The van der Waals surface area contributed by atoms with Crippen molar-refractivity contribution in [2.24, 2.45) is 5.92 Å². The second-order valence-corrected chi connectivity index (χ2v) is 5.14. The number of nitrogens with zero attached hydrogens (tertiary/aromatic N) is 1. The van der Waals surface area contributed by atoms with E-state index in [0.717, 1.165) is 18.6 Å². The Morgan fingerprint density at radius 1 is 1.33 bits per heavy atom. The molecular formula is C15H16F2N2O2. The van der Waals surface area contributed by atoms with E-state index in [9.17, 15) is 13.6 Å². The third kappa shape index (κ3) is 3.65. The van der Waals surface area contributed by atoms with E-state index in [2.05, 4.69) is 24.3 Å². The lowest BCUT2D eigenvalue weighted by molar-refractivity contribution is 0.0952. The van der Waals surface area contributed by atoms with Gasteiger partial charge in [0.1, 0.15) is 5.56 Å². The van der Waals surface area contributed by atoms with Crippen LogP contribution in [0.5, 0.6) is 0 Å². The molecule has 0 aliphatic carbocycles. The molecule has 21 heavy (non-hydrogen) atoms. The van der Waals surface area contributed by atoms with Crippen molar-refractivity contribution in [1.82, 2.24) is 10.5 Å². The van der Waals surface area contributed by atoms with Gasteiger partial charge in [-0.25, -0.2) is 8.78 Å².